The standard InChI is InChI=1S/C35H45F5O5S/c1-5-44-32(41)25(14-12-22-34(36,37)35(38,39)40)13-10-8-6-7-9-11-15-30-29-21-20-28(43-3)23-31(29)45-24-33(30,46-4)26-16-18-27(42-2)19-17-26/h9,11,16-21,23,25,30H,5-8,10,12-15,22,24H2,1-4H3/t25?,30-,33+/m1/s1. The van der Waals surface area contributed by atoms with E-state index >= 15 is 0 Å². The Balaban J connectivity index is 1.59. The Morgan fingerprint density at radius 2 is 1.65 bits per heavy atom. The van der Waals surface area contributed by atoms with Gasteiger partial charge >= 0.3 is 18.1 Å². The van der Waals surface area contributed by atoms with Crippen molar-refractivity contribution in [2.45, 2.75) is 87.5 Å². The number of unbranched alkanes of at least 4 members (excludes halogenated alkanes) is 3. The van der Waals surface area contributed by atoms with Crippen molar-refractivity contribution in [3.63, 3.8) is 0 Å². The van der Waals surface area contributed by atoms with Gasteiger partial charge in [0.25, 0.3) is 0 Å². The molecule has 1 unspecified atom stereocenters. The molecule has 3 atom stereocenters. The molecule has 0 fully saturated rings. The van der Waals surface area contributed by atoms with Crippen molar-refractivity contribution in [3.8, 4) is 17.2 Å². The molecule has 11 heteroatoms. The Bertz CT molecular complexity index is 1270. The van der Waals surface area contributed by atoms with E-state index in [0.717, 1.165) is 54.1 Å². The van der Waals surface area contributed by atoms with Crippen molar-refractivity contribution in [2.24, 2.45) is 5.92 Å². The van der Waals surface area contributed by atoms with Gasteiger partial charge in [-0.25, -0.2) is 0 Å². The van der Waals surface area contributed by atoms with Crippen LogP contribution >= 0.6 is 11.8 Å². The summed E-state index contributed by atoms with van der Waals surface area (Å²) in [6.07, 6.45) is 3.33. The van der Waals surface area contributed by atoms with Gasteiger partial charge in [0.05, 0.1) is 31.5 Å². The highest BCUT2D eigenvalue weighted by molar-refractivity contribution is 7.99. The summed E-state index contributed by atoms with van der Waals surface area (Å²) >= 11 is 1.77. The molecular formula is C35H45F5O5S. The number of alkyl halides is 5. The van der Waals surface area contributed by atoms with Crippen LogP contribution < -0.4 is 14.2 Å². The van der Waals surface area contributed by atoms with Crippen LogP contribution in [0.4, 0.5) is 22.0 Å². The smallest absolute Gasteiger partial charge is 0.453 e. The summed E-state index contributed by atoms with van der Waals surface area (Å²) in [5.41, 5.74) is 2.26. The van der Waals surface area contributed by atoms with E-state index in [1.807, 2.05) is 24.3 Å². The zero-order valence-electron chi connectivity index (χ0n) is 27.0. The first-order chi connectivity index (χ1) is 21.9. The fourth-order valence-electron chi connectivity index (χ4n) is 5.92. The molecule has 0 radical (unpaired) electrons. The van der Waals surface area contributed by atoms with Gasteiger partial charge in [0, 0.05) is 18.4 Å². The molecule has 2 aromatic carbocycles. The predicted molar refractivity (Wildman–Crippen MR) is 171 cm³/mol. The maximum absolute atomic E-state index is 13.3. The number of rotatable bonds is 18. The number of carbonyl (C=O) groups is 1. The highest BCUT2D eigenvalue weighted by atomic mass is 32.2. The van der Waals surface area contributed by atoms with Gasteiger partial charge in [0.15, 0.2) is 0 Å². The van der Waals surface area contributed by atoms with E-state index in [1.165, 1.54) is 0 Å². The summed E-state index contributed by atoms with van der Waals surface area (Å²) in [6, 6.07) is 14.1. The topological polar surface area (TPSA) is 54.0 Å². The van der Waals surface area contributed by atoms with Gasteiger partial charge in [-0.05, 0) is 81.0 Å². The fourth-order valence-corrected chi connectivity index (χ4v) is 6.97. The van der Waals surface area contributed by atoms with Gasteiger partial charge in [-0.3, -0.25) is 4.79 Å². The summed E-state index contributed by atoms with van der Waals surface area (Å²) in [7, 11) is 3.27. The Morgan fingerprint density at radius 3 is 2.28 bits per heavy atom. The SMILES string of the molecule is CCOC(=O)C(CCCCCC=CC[C@@H]1c2ccc(OC)cc2OC[C@]1(SC)c1ccc(OC)cc1)CCCC(F)(F)C(F)(F)F. The first kappa shape index (κ1) is 37.5. The van der Waals surface area contributed by atoms with Crippen LogP contribution in [-0.2, 0) is 14.3 Å². The van der Waals surface area contributed by atoms with Gasteiger partial charge < -0.3 is 18.9 Å². The number of benzene rings is 2. The number of esters is 1. The third-order valence-electron chi connectivity index (χ3n) is 8.58. The van der Waals surface area contributed by atoms with Crippen molar-refractivity contribution < 1.29 is 45.7 Å². The summed E-state index contributed by atoms with van der Waals surface area (Å²) in [4.78, 5) is 12.3. The zero-order chi connectivity index (χ0) is 33.8. The average Bonchev–Trinajstić information content (AvgIpc) is 3.04. The van der Waals surface area contributed by atoms with Crippen LogP contribution in [0.25, 0.3) is 0 Å². The molecule has 0 N–H and O–H groups in total. The van der Waals surface area contributed by atoms with E-state index < -0.39 is 36.8 Å². The molecule has 0 aromatic heterocycles. The Labute approximate surface area is 273 Å². The van der Waals surface area contributed by atoms with Crippen molar-refractivity contribution in [2.75, 3.05) is 33.7 Å². The zero-order valence-corrected chi connectivity index (χ0v) is 27.8. The second-order valence-electron chi connectivity index (χ2n) is 11.5. The summed E-state index contributed by atoms with van der Waals surface area (Å²) in [5, 5.41) is 0. The molecule has 3 rings (SSSR count). The highest BCUT2D eigenvalue weighted by Crippen LogP contribution is 2.54. The van der Waals surface area contributed by atoms with Crippen LogP contribution in [-0.4, -0.2) is 51.8 Å². The molecular weight excluding hydrogens is 627 g/mol. The maximum atomic E-state index is 13.3. The lowest BCUT2D eigenvalue weighted by atomic mass is 9.77. The monoisotopic (exact) mass is 672 g/mol. The average molecular weight is 673 g/mol. The second kappa shape index (κ2) is 17.3. The molecule has 1 aliphatic heterocycles. The number of thioether (sulfide) groups is 1. The minimum atomic E-state index is -5.59. The lowest BCUT2D eigenvalue weighted by Crippen LogP contribution is -2.40. The van der Waals surface area contributed by atoms with Crippen LogP contribution in [0.5, 0.6) is 17.2 Å². The van der Waals surface area contributed by atoms with Crippen molar-refractivity contribution >= 4 is 17.7 Å². The first-order valence-corrected chi connectivity index (χ1v) is 16.9. The number of fused-ring (bicyclic) bond motifs is 1. The van der Waals surface area contributed by atoms with Gasteiger partial charge in [0.1, 0.15) is 23.9 Å². The van der Waals surface area contributed by atoms with Crippen molar-refractivity contribution in [1.82, 2.24) is 0 Å². The number of hydrogen-bond acceptors (Lipinski definition) is 6. The quantitative estimate of drug-likeness (QED) is 0.0680. The number of hydrogen-bond donors (Lipinski definition) is 0. The molecule has 256 valence electrons. The van der Waals surface area contributed by atoms with E-state index in [9.17, 15) is 26.7 Å². The molecule has 0 bridgehead atoms. The van der Waals surface area contributed by atoms with E-state index in [2.05, 4.69) is 36.6 Å². The predicted octanol–water partition coefficient (Wildman–Crippen LogP) is 9.88. The molecule has 2 aromatic rings. The third kappa shape index (κ3) is 9.55. The van der Waals surface area contributed by atoms with Gasteiger partial charge in [-0.2, -0.15) is 22.0 Å². The Morgan fingerprint density at radius 1 is 0.978 bits per heavy atom. The van der Waals surface area contributed by atoms with Crippen LogP contribution in [0, 0.1) is 5.92 Å². The Kier molecular flexibility index (Phi) is 14.1. The third-order valence-corrected chi connectivity index (χ3v) is 9.95. The molecule has 0 aliphatic carbocycles. The molecule has 0 saturated carbocycles. The maximum Gasteiger partial charge on any atom is 0.453 e. The molecule has 0 spiro atoms. The minimum absolute atomic E-state index is 0.0613. The lowest BCUT2D eigenvalue weighted by Gasteiger charge is -2.44. The number of methoxy groups -OCH3 is 2. The van der Waals surface area contributed by atoms with Gasteiger partial charge in [-0.1, -0.05) is 43.2 Å². The molecule has 0 saturated heterocycles. The number of allylic oxidation sites excluding steroid dienone is 2. The molecule has 5 nitrogen and oxygen atoms in total. The summed E-state index contributed by atoms with van der Waals surface area (Å²) in [5.74, 6) is -3.53. The molecule has 0 amide bonds. The summed E-state index contributed by atoms with van der Waals surface area (Å²) < 4.78 is 86.0. The van der Waals surface area contributed by atoms with Crippen LogP contribution in [0.15, 0.2) is 54.6 Å². The Hall–Kier alpha value is -2.95. The lowest BCUT2D eigenvalue weighted by molar-refractivity contribution is -0.284. The summed E-state index contributed by atoms with van der Waals surface area (Å²) in [6.45, 7) is 2.25. The fraction of sp³-hybridized carbons (Fsp3) is 0.571. The molecule has 46 heavy (non-hydrogen) atoms. The molecule has 1 heterocycles. The van der Waals surface area contributed by atoms with E-state index in [1.54, 1.807) is 32.9 Å². The number of halogens is 5. The van der Waals surface area contributed by atoms with Crippen LogP contribution in [0.2, 0.25) is 0 Å². The van der Waals surface area contributed by atoms with Crippen LogP contribution in [0.1, 0.15) is 81.8 Å². The van der Waals surface area contributed by atoms with E-state index in [-0.39, 0.29) is 23.7 Å². The van der Waals surface area contributed by atoms with Gasteiger partial charge in [-0.15, -0.1) is 11.8 Å². The highest BCUT2D eigenvalue weighted by Gasteiger charge is 2.56. The normalized spacial score (nSPS) is 18.9. The van der Waals surface area contributed by atoms with Crippen LogP contribution in [0.3, 0.4) is 0 Å². The van der Waals surface area contributed by atoms with Gasteiger partial charge in [0.2, 0.25) is 0 Å². The largest absolute Gasteiger partial charge is 0.497 e. The van der Waals surface area contributed by atoms with E-state index in [0.29, 0.717) is 19.4 Å². The second-order valence-corrected chi connectivity index (χ2v) is 12.6. The minimum Gasteiger partial charge on any atom is -0.497 e. The van der Waals surface area contributed by atoms with E-state index in [4.69, 9.17) is 18.9 Å². The number of carbonyl (C=O) groups excluding carboxylic acids is 1. The first-order valence-electron chi connectivity index (χ1n) is 15.7. The number of ether oxygens (including phenoxy) is 4. The van der Waals surface area contributed by atoms with Crippen molar-refractivity contribution in [3.05, 3.63) is 65.7 Å². The van der Waals surface area contributed by atoms with Crippen molar-refractivity contribution in [1.29, 1.82) is 0 Å². The molecule has 1 aliphatic rings.